The SMILES string of the molecule is C1CC2C(C1)C1C3CCC(C3)C21. The molecule has 4 fully saturated rings. The molecule has 6 atom stereocenters. The Morgan fingerprint density at radius 3 is 1.83 bits per heavy atom. The minimum Gasteiger partial charge on any atom is -0.0527 e. The van der Waals surface area contributed by atoms with Crippen LogP contribution in [0.1, 0.15) is 38.5 Å². The van der Waals surface area contributed by atoms with Gasteiger partial charge in [-0.3, -0.25) is 0 Å². The molecule has 12 heavy (non-hydrogen) atoms. The fourth-order valence-electron chi connectivity index (χ4n) is 5.48. The van der Waals surface area contributed by atoms with Gasteiger partial charge in [-0.05, 0) is 67.6 Å². The molecule has 0 heteroatoms. The van der Waals surface area contributed by atoms with E-state index in [0.29, 0.717) is 0 Å². The van der Waals surface area contributed by atoms with Gasteiger partial charge >= 0.3 is 0 Å². The van der Waals surface area contributed by atoms with Gasteiger partial charge in [0.15, 0.2) is 0 Å². The van der Waals surface area contributed by atoms with Gasteiger partial charge in [0.25, 0.3) is 0 Å². The molecule has 4 aliphatic rings. The molecule has 0 amide bonds. The Balaban J connectivity index is 1.71. The molecule has 0 aromatic heterocycles. The Kier molecular flexibility index (Phi) is 1.03. The standard InChI is InChI=1S/C12H18/c1-2-9-10(3-1)12-8-5-4-7(6-8)11(9)12/h7-12H,1-6H2. The summed E-state index contributed by atoms with van der Waals surface area (Å²) in [4.78, 5) is 0. The predicted octanol–water partition coefficient (Wildman–Crippen LogP) is 3.08. The molecule has 4 saturated carbocycles. The molecule has 0 spiro atoms. The van der Waals surface area contributed by atoms with E-state index in [2.05, 4.69) is 0 Å². The largest absolute Gasteiger partial charge is 0.0527 e. The van der Waals surface area contributed by atoms with Crippen molar-refractivity contribution >= 4 is 0 Å². The fourth-order valence-corrected chi connectivity index (χ4v) is 5.48. The molecule has 0 aliphatic heterocycles. The summed E-state index contributed by atoms with van der Waals surface area (Å²) >= 11 is 0. The van der Waals surface area contributed by atoms with Crippen molar-refractivity contribution < 1.29 is 0 Å². The summed E-state index contributed by atoms with van der Waals surface area (Å²) in [5.41, 5.74) is 0. The van der Waals surface area contributed by atoms with Gasteiger partial charge < -0.3 is 0 Å². The van der Waals surface area contributed by atoms with E-state index < -0.39 is 0 Å². The van der Waals surface area contributed by atoms with Crippen LogP contribution in [0.5, 0.6) is 0 Å². The lowest BCUT2D eigenvalue weighted by Crippen LogP contribution is -2.46. The molecule has 0 aromatic carbocycles. The van der Waals surface area contributed by atoms with Crippen LogP contribution in [0, 0.1) is 35.5 Å². The van der Waals surface area contributed by atoms with Gasteiger partial charge in [-0.1, -0.05) is 6.42 Å². The van der Waals surface area contributed by atoms with Crippen LogP contribution in [0.4, 0.5) is 0 Å². The van der Waals surface area contributed by atoms with E-state index in [1.54, 1.807) is 38.5 Å². The van der Waals surface area contributed by atoms with Crippen LogP contribution >= 0.6 is 0 Å². The minimum atomic E-state index is 1.21. The number of hydrogen-bond donors (Lipinski definition) is 0. The second-order valence-corrected chi connectivity index (χ2v) is 5.75. The lowest BCUT2D eigenvalue weighted by Gasteiger charge is -2.52. The minimum absolute atomic E-state index is 1.21. The quantitative estimate of drug-likeness (QED) is 0.513. The Labute approximate surface area is 74.7 Å². The van der Waals surface area contributed by atoms with Crippen molar-refractivity contribution in [3.8, 4) is 0 Å². The molecule has 2 bridgehead atoms. The molecule has 4 aliphatic carbocycles. The van der Waals surface area contributed by atoms with Crippen LogP contribution in [-0.2, 0) is 0 Å². The highest BCUT2D eigenvalue weighted by atomic mass is 14.7. The maximum Gasteiger partial charge on any atom is -0.0321 e. The molecule has 0 heterocycles. The summed E-state index contributed by atoms with van der Waals surface area (Å²) < 4.78 is 0. The molecule has 0 nitrogen and oxygen atoms in total. The lowest BCUT2D eigenvalue weighted by molar-refractivity contribution is -0.0390. The first-order valence-electron chi connectivity index (χ1n) is 5.95. The molecule has 0 aromatic rings. The average molecular weight is 162 g/mol. The average Bonchev–Trinajstić information content (AvgIpc) is 2.66. The van der Waals surface area contributed by atoms with Crippen molar-refractivity contribution in [1.82, 2.24) is 0 Å². The van der Waals surface area contributed by atoms with Crippen molar-refractivity contribution in [2.45, 2.75) is 38.5 Å². The van der Waals surface area contributed by atoms with E-state index >= 15 is 0 Å². The van der Waals surface area contributed by atoms with Crippen LogP contribution < -0.4 is 0 Å². The Hall–Kier alpha value is 0. The first-order valence-corrected chi connectivity index (χ1v) is 5.95. The predicted molar refractivity (Wildman–Crippen MR) is 48.6 cm³/mol. The Morgan fingerprint density at radius 2 is 1.25 bits per heavy atom. The topological polar surface area (TPSA) is 0 Å². The summed E-state index contributed by atoms with van der Waals surface area (Å²) in [5, 5.41) is 0. The summed E-state index contributed by atoms with van der Waals surface area (Å²) in [7, 11) is 0. The third-order valence-corrected chi connectivity index (χ3v) is 5.66. The van der Waals surface area contributed by atoms with E-state index in [1.807, 2.05) is 0 Å². The molecule has 4 rings (SSSR count). The molecule has 0 saturated heterocycles. The monoisotopic (exact) mass is 162 g/mol. The molecule has 0 N–H and O–H groups in total. The summed E-state index contributed by atoms with van der Waals surface area (Å²) in [6.45, 7) is 0. The van der Waals surface area contributed by atoms with Crippen LogP contribution in [0.15, 0.2) is 0 Å². The van der Waals surface area contributed by atoms with Crippen LogP contribution in [-0.4, -0.2) is 0 Å². The first kappa shape index (κ1) is 6.45. The van der Waals surface area contributed by atoms with Gasteiger partial charge in [-0.25, -0.2) is 0 Å². The smallest absolute Gasteiger partial charge is 0.0321 e. The summed E-state index contributed by atoms with van der Waals surface area (Å²) in [6, 6.07) is 0. The third kappa shape index (κ3) is 0.533. The maximum absolute atomic E-state index is 1.64. The van der Waals surface area contributed by atoms with Crippen molar-refractivity contribution in [3.63, 3.8) is 0 Å². The zero-order valence-corrected chi connectivity index (χ0v) is 7.71. The van der Waals surface area contributed by atoms with E-state index in [-0.39, 0.29) is 0 Å². The van der Waals surface area contributed by atoms with Crippen LogP contribution in [0.25, 0.3) is 0 Å². The first-order chi connectivity index (χ1) is 5.95. The highest BCUT2D eigenvalue weighted by molar-refractivity contribution is 5.11. The number of hydrogen-bond acceptors (Lipinski definition) is 0. The number of fused-ring (bicyclic) bond motifs is 8. The zero-order valence-electron chi connectivity index (χ0n) is 7.71. The Morgan fingerprint density at radius 1 is 0.667 bits per heavy atom. The lowest BCUT2D eigenvalue weighted by atomic mass is 9.53. The van der Waals surface area contributed by atoms with E-state index in [0.717, 1.165) is 0 Å². The van der Waals surface area contributed by atoms with Gasteiger partial charge in [-0.15, -0.1) is 0 Å². The van der Waals surface area contributed by atoms with Gasteiger partial charge in [0, 0.05) is 0 Å². The van der Waals surface area contributed by atoms with E-state index in [4.69, 9.17) is 0 Å². The molecule has 66 valence electrons. The van der Waals surface area contributed by atoms with Gasteiger partial charge in [0.2, 0.25) is 0 Å². The molecule has 0 radical (unpaired) electrons. The van der Waals surface area contributed by atoms with Crippen molar-refractivity contribution in [1.29, 1.82) is 0 Å². The fraction of sp³-hybridized carbons (Fsp3) is 1.00. The summed E-state index contributed by atoms with van der Waals surface area (Å²) in [6.07, 6.45) is 9.64. The molecular formula is C12H18. The maximum atomic E-state index is 1.64. The third-order valence-electron chi connectivity index (χ3n) is 5.66. The molecule has 6 unspecified atom stereocenters. The van der Waals surface area contributed by atoms with Crippen molar-refractivity contribution in [2.24, 2.45) is 35.5 Å². The van der Waals surface area contributed by atoms with Crippen LogP contribution in [0.3, 0.4) is 0 Å². The van der Waals surface area contributed by atoms with E-state index in [9.17, 15) is 0 Å². The molecular weight excluding hydrogens is 144 g/mol. The normalized spacial score (nSPS) is 66.0. The zero-order chi connectivity index (χ0) is 7.71. The Bertz CT molecular complexity index is 198. The second-order valence-electron chi connectivity index (χ2n) is 5.75. The van der Waals surface area contributed by atoms with Gasteiger partial charge in [0.05, 0.1) is 0 Å². The highest BCUT2D eigenvalue weighted by Crippen LogP contribution is 2.70. The number of rotatable bonds is 0. The van der Waals surface area contributed by atoms with Crippen molar-refractivity contribution in [3.05, 3.63) is 0 Å². The highest BCUT2D eigenvalue weighted by Gasteiger charge is 2.62. The van der Waals surface area contributed by atoms with Crippen LogP contribution in [0.2, 0.25) is 0 Å². The van der Waals surface area contributed by atoms with Gasteiger partial charge in [-0.2, -0.15) is 0 Å². The van der Waals surface area contributed by atoms with Crippen molar-refractivity contribution in [2.75, 3.05) is 0 Å². The second kappa shape index (κ2) is 1.91. The van der Waals surface area contributed by atoms with Gasteiger partial charge in [0.1, 0.15) is 0 Å². The van der Waals surface area contributed by atoms with E-state index in [1.165, 1.54) is 35.5 Å². The summed E-state index contributed by atoms with van der Waals surface area (Å²) in [5.74, 6) is 7.36.